The number of hydrogen-bond acceptors (Lipinski definition) is 6. The predicted molar refractivity (Wildman–Crippen MR) is 105 cm³/mol. The standard InChI is InChI=1S/C16H16BrN3O6S/c1-26-15-7-6-13(20(22)23)9-14(15)19(27(2,24)25)10-16(21)18-12-5-3-4-11(17)8-12/h3-9H,10H2,1-2H3,(H,18,21). The lowest BCUT2D eigenvalue weighted by atomic mass is 10.2. The molecule has 0 unspecified atom stereocenters. The van der Waals surface area contributed by atoms with E-state index in [4.69, 9.17) is 4.74 Å². The summed E-state index contributed by atoms with van der Waals surface area (Å²) in [6.07, 6.45) is 0.900. The van der Waals surface area contributed by atoms with Crippen LogP contribution in [0.15, 0.2) is 46.9 Å². The molecule has 2 rings (SSSR count). The molecule has 0 heterocycles. The van der Waals surface area contributed by atoms with E-state index in [1.807, 2.05) is 0 Å². The lowest BCUT2D eigenvalue weighted by molar-refractivity contribution is -0.384. The fourth-order valence-electron chi connectivity index (χ4n) is 2.27. The molecule has 144 valence electrons. The molecule has 0 aliphatic carbocycles. The highest BCUT2D eigenvalue weighted by Crippen LogP contribution is 2.33. The summed E-state index contributed by atoms with van der Waals surface area (Å²) in [4.78, 5) is 22.7. The number of rotatable bonds is 7. The highest BCUT2D eigenvalue weighted by atomic mass is 79.9. The number of nitro groups is 1. The molecule has 0 aromatic heterocycles. The molecule has 9 nitrogen and oxygen atoms in total. The number of sulfonamides is 1. The van der Waals surface area contributed by atoms with E-state index in [9.17, 15) is 23.3 Å². The van der Waals surface area contributed by atoms with Crippen LogP contribution in [0.25, 0.3) is 0 Å². The average molecular weight is 458 g/mol. The van der Waals surface area contributed by atoms with Crippen molar-refractivity contribution in [3.8, 4) is 5.75 Å². The Bertz CT molecular complexity index is 980. The maximum atomic E-state index is 12.4. The number of nitrogens with zero attached hydrogens (tertiary/aromatic N) is 2. The summed E-state index contributed by atoms with van der Waals surface area (Å²) in [5, 5.41) is 13.6. The molecule has 0 fully saturated rings. The number of methoxy groups -OCH3 is 1. The minimum atomic E-state index is -3.93. The molecule has 0 bridgehead atoms. The zero-order valence-electron chi connectivity index (χ0n) is 14.4. The number of non-ortho nitro benzene ring substituents is 1. The summed E-state index contributed by atoms with van der Waals surface area (Å²) in [5.74, 6) is -0.534. The first kappa shape index (κ1) is 20.6. The van der Waals surface area contributed by atoms with Gasteiger partial charge in [0.1, 0.15) is 18.0 Å². The fraction of sp³-hybridized carbons (Fsp3) is 0.188. The molecule has 27 heavy (non-hydrogen) atoms. The molecule has 0 saturated carbocycles. The van der Waals surface area contributed by atoms with Crippen molar-refractivity contribution in [2.45, 2.75) is 0 Å². The van der Waals surface area contributed by atoms with Gasteiger partial charge in [-0.3, -0.25) is 19.2 Å². The number of carbonyl (C=O) groups excluding carboxylic acids is 1. The number of ether oxygens (including phenoxy) is 1. The molecule has 2 aromatic carbocycles. The number of nitro benzene ring substituents is 1. The first-order valence-electron chi connectivity index (χ1n) is 7.47. The molecule has 0 radical (unpaired) electrons. The van der Waals surface area contributed by atoms with Crippen LogP contribution in [-0.4, -0.2) is 39.2 Å². The monoisotopic (exact) mass is 457 g/mol. The van der Waals surface area contributed by atoms with E-state index >= 15 is 0 Å². The van der Waals surface area contributed by atoms with Crippen LogP contribution in [0.2, 0.25) is 0 Å². The van der Waals surface area contributed by atoms with Crippen LogP contribution in [0, 0.1) is 10.1 Å². The Kier molecular flexibility index (Phi) is 6.39. The zero-order chi connectivity index (χ0) is 20.2. The van der Waals surface area contributed by atoms with Crippen molar-refractivity contribution in [1.82, 2.24) is 0 Å². The second-order valence-electron chi connectivity index (χ2n) is 5.44. The van der Waals surface area contributed by atoms with Gasteiger partial charge in [-0.05, 0) is 24.3 Å². The molecule has 1 N–H and O–H groups in total. The highest BCUT2D eigenvalue weighted by Gasteiger charge is 2.26. The summed E-state index contributed by atoms with van der Waals surface area (Å²) in [5.41, 5.74) is 0.0410. The maximum absolute atomic E-state index is 12.4. The highest BCUT2D eigenvalue weighted by molar-refractivity contribution is 9.10. The van der Waals surface area contributed by atoms with Crippen molar-refractivity contribution in [1.29, 1.82) is 0 Å². The van der Waals surface area contributed by atoms with Crippen LogP contribution < -0.4 is 14.4 Å². The summed E-state index contributed by atoms with van der Waals surface area (Å²) >= 11 is 3.27. The van der Waals surface area contributed by atoms with Crippen LogP contribution in [0.5, 0.6) is 5.75 Å². The zero-order valence-corrected chi connectivity index (χ0v) is 16.8. The van der Waals surface area contributed by atoms with Gasteiger partial charge < -0.3 is 10.1 Å². The molecular weight excluding hydrogens is 442 g/mol. The molecule has 1 amide bonds. The van der Waals surface area contributed by atoms with Crippen molar-refractivity contribution >= 4 is 48.9 Å². The van der Waals surface area contributed by atoms with Gasteiger partial charge in [0.15, 0.2) is 0 Å². The Hall–Kier alpha value is -2.66. The summed E-state index contributed by atoms with van der Waals surface area (Å²) in [7, 11) is -2.63. The predicted octanol–water partition coefficient (Wildman–Crippen LogP) is 2.77. The molecule has 0 spiro atoms. The second kappa shape index (κ2) is 8.35. The van der Waals surface area contributed by atoms with Crippen LogP contribution in [0.4, 0.5) is 17.1 Å². The fourth-order valence-corrected chi connectivity index (χ4v) is 3.52. The Morgan fingerprint density at radius 2 is 2.00 bits per heavy atom. The second-order valence-corrected chi connectivity index (χ2v) is 8.26. The molecule has 0 atom stereocenters. The van der Waals surface area contributed by atoms with Crippen molar-refractivity contribution in [2.75, 3.05) is 29.5 Å². The Morgan fingerprint density at radius 1 is 1.30 bits per heavy atom. The SMILES string of the molecule is COc1ccc([N+](=O)[O-])cc1N(CC(=O)Nc1cccc(Br)c1)S(C)(=O)=O. The van der Waals surface area contributed by atoms with Gasteiger partial charge in [-0.1, -0.05) is 22.0 Å². The Balaban J connectivity index is 2.38. The molecule has 0 aliphatic heterocycles. The Morgan fingerprint density at radius 3 is 2.56 bits per heavy atom. The molecular formula is C16H16BrN3O6S. The Labute approximate surface area is 164 Å². The number of benzene rings is 2. The number of carbonyl (C=O) groups is 1. The molecule has 2 aromatic rings. The third-order valence-electron chi connectivity index (χ3n) is 3.44. The first-order chi connectivity index (χ1) is 12.6. The summed E-state index contributed by atoms with van der Waals surface area (Å²) in [6.45, 7) is -0.580. The van der Waals surface area contributed by atoms with E-state index in [1.54, 1.807) is 24.3 Å². The van der Waals surface area contributed by atoms with Crippen LogP contribution in [-0.2, 0) is 14.8 Å². The number of halogens is 1. The normalized spacial score (nSPS) is 10.9. The number of nitrogens with one attached hydrogen (secondary N) is 1. The van der Waals surface area contributed by atoms with E-state index in [1.165, 1.54) is 19.2 Å². The van der Waals surface area contributed by atoms with Crippen LogP contribution in [0.1, 0.15) is 0 Å². The quantitative estimate of drug-likeness (QED) is 0.504. The van der Waals surface area contributed by atoms with Crippen molar-refractivity contribution < 1.29 is 22.9 Å². The molecule has 0 aliphatic rings. The van der Waals surface area contributed by atoms with Gasteiger partial charge in [-0.25, -0.2) is 8.42 Å². The van der Waals surface area contributed by atoms with Gasteiger partial charge >= 0.3 is 0 Å². The van der Waals surface area contributed by atoms with E-state index in [-0.39, 0.29) is 17.1 Å². The number of amides is 1. The number of hydrogen-bond donors (Lipinski definition) is 1. The third-order valence-corrected chi connectivity index (χ3v) is 5.06. The van der Waals surface area contributed by atoms with Crippen molar-refractivity contribution in [2.24, 2.45) is 0 Å². The van der Waals surface area contributed by atoms with Crippen molar-refractivity contribution in [3.05, 3.63) is 57.1 Å². The molecule has 0 saturated heterocycles. The van der Waals surface area contributed by atoms with Crippen molar-refractivity contribution in [3.63, 3.8) is 0 Å². The van der Waals surface area contributed by atoms with Gasteiger partial charge in [-0.2, -0.15) is 0 Å². The van der Waals surface area contributed by atoms with Gasteiger partial charge in [0.25, 0.3) is 5.69 Å². The van der Waals surface area contributed by atoms with E-state index < -0.39 is 27.4 Å². The van der Waals surface area contributed by atoms with Crippen LogP contribution in [0.3, 0.4) is 0 Å². The van der Waals surface area contributed by atoms with E-state index in [0.29, 0.717) is 5.69 Å². The summed E-state index contributed by atoms with van der Waals surface area (Å²) < 4.78 is 31.1. The van der Waals surface area contributed by atoms with Crippen LogP contribution >= 0.6 is 15.9 Å². The summed E-state index contributed by atoms with van der Waals surface area (Å²) in [6, 6.07) is 10.3. The van der Waals surface area contributed by atoms with E-state index in [0.717, 1.165) is 21.1 Å². The maximum Gasteiger partial charge on any atom is 0.271 e. The largest absolute Gasteiger partial charge is 0.495 e. The van der Waals surface area contributed by atoms with E-state index in [2.05, 4.69) is 21.2 Å². The lowest BCUT2D eigenvalue weighted by Gasteiger charge is -2.23. The topological polar surface area (TPSA) is 119 Å². The van der Waals surface area contributed by atoms with Gasteiger partial charge in [0, 0.05) is 22.3 Å². The smallest absolute Gasteiger partial charge is 0.271 e. The average Bonchev–Trinajstić information content (AvgIpc) is 2.58. The first-order valence-corrected chi connectivity index (χ1v) is 10.1. The lowest BCUT2D eigenvalue weighted by Crippen LogP contribution is -2.37. The molecule has 11 heteroatoms. The minimum Gasteiger partial charge on any atom is -0.495 e. The minimum absolute atomic E-state index is 0.0845. The number of anilines is 2. The van der Waals surface area contributed by atoms with Gasteiger partial charge in [0.05, 0.1) is 18.3 Å². The third kappa shape index (κ3) is 5.41. The van der Waals surface area contributed by atoms with Gasteiger partial charge in [-0.15, -0.1) is 0 Å². The van der Waals surface area contributed by atoms with Gasteiger partial charge in [0.2, 0.25) is 15.9 Å².